The topological polar surface area (TPSA) is 116 Å². The van der Waals surface area contributed by atoms with E-state index >= 15 is 0 Å². The summed E-state index contributed by atoms with van der Waals surface area (Å²) in [5.74, 6) is 0.786. The monoisotopic (exact) mass is 372 g/mol. The summed E-state index contributed by atoms with van der Waals surface area (Å²) in [7, 11) is -3.72. The van der Waals surface area contributed by atoms with Crippen LogP contribution in [-0.4, -0.2) is 34.2 Å². The number of nitrogens with zero attached hydrogens (tertiary/aromatic N) is 4. The van der Waals surface area contributed by atoms with Crippen molar-refractivity contribution >= 4 is 26.9 Å². The summed E-state index contributed by atoms with van der Waals surface area (Å²) in [4.78, 5) is 8.79. The van der Waals surface area contributed by atoms with E-state index < -0.39 is 10.0 Å². The fourth-order valence-corrected chi connectivity index (χ4v) is 3.88. The van der Waals surface area contributed by atoms with E-state index in [1.54, 1.807) is 23.0 Å². The van der Waals surface area contributed by atoms with Crippen LogP contribution in [-0.2, 0) is 10.0 Å². The van der Waals surface area contributed by atoms with Gasteiger partial charge in [0, 0.05) is 6.04 Å². The van der Waals surface area contributed by atoms with Gasteiger partial charge >= 0.3 is 0 Å². The number of nitrogens with one attached hydrogen (secondary N) is 1. The molecule has 136 valence electrons. The van der Waals surface area contributed by atoms with Crippen molar-refractivity contribution in [3.8, 4) is 5.69 Å². The number of primary sulfonamides is 1. The lowest BCUT2D eigenvalue weighted by Gasteiger charge is -2.23. The molecule has 1 fully saturated rings. The fourth-order valence-electron chi connectivity index (χ4n) is 3.37. The van der Waals surface area contributed by atoms with Gasteiger partial charge in [-0.15, -0.1) is 0 Å². The molecule has 2 aromatic heterocycles. The predicted octanol–water partition coefficient (Wildman–Crippen LogP) is 2.21. The van der Waals surface area contributed by atoms with Crippen LogP contribution in [0.1, 0.15) is 32.1 Å². The molecule has 0 aliphatic heterocycles. The van der Waals surface area contributed by atoms with Gasteiger partial charge in [0.15, 0.2) is 5.65 Å². The van der Waals surface area contributed by atoms with Crippen LogP contribution < -0.4 is 10.5 Å². The molecule has 0 atom stereocenters. The normalized spacial score (nSPS) is 16.0. The van der Waals surface area contributed by atoms with Crippen molar-refractivity contribution < 1.29 is 8.42 Å². The van der Waals surface area contributed by atoms with E-state index in [9.17, 15) is 8.42 Å². The minimum absolute atomic E-state index is 0.0620. The smallest absolute Gasteiger partial charge is 0.238 e. The molecule has 3 aromatic rings. The van der Waals surface area contributed by atoms with Crippen LogP contribution >= 0.6 is 0 Å². The minimum Gasteiger partial charge on any atom is -0.367 e. The van der Waals surface area contributed by atoms with Crippen molar-refractivity contribution in [1.29, 1.82) is 0 Å². The maximum Gasteiger partial charge on any atom is 0.238 e. The number of aromatic nitrogens is 4. The molecule has 0 unspecified atom stereocenters. The van der Waals surface area contributed by atoms with Crippen molar-refractivity contribution in [3.63, 3.8) is 0 Å². The molecule has 0 amide bonds. The van der Waals surface area contributed by atoms with Crippen LogP contribution in [0.25, 0.3) is 16.7 Å². The molecule has 0 saturated heterocycles. The van der Waals surface area contributed by atoms with Gasteiger partial charge < -0.3 is 5.32 Å². The molecule has 3 N–H and O–H groups in total. The molecule has 2 heterocycles. The Bertz CT molecular complexity index is 1020. The molecule has 0 bridgehead atoms. The predicted molar refractivity (Wildman–Crippen MR) is 98.5 cm³/mol. The summed E-state index contributed by atoms with van der Waals surface area (Å²) in [5.41, 5.74) is 1.37. The van der Waals surface area contributed by atoms with Crippen molar-refractivity contribution in [1.82, 2.24) is 19.7 Å². The second-order valence-corrected chi connectivity index (χ2v) is 8.10. The maximum atomic E-state index is 11.4. The molecule has 0 spiro atoms. The lowest BCUT2D eigenvalue weighted by atomic mass is 9.95. The van der Waals surface area contributed by atoms with Crippen LogP contribution in [0.5, 0.6) is 0 Å². The second-order valence-electron chi connectivity index (χ2n) is 6.53. The third-order valence-electron chi connectivity index (χ3n) is 4.72. The molecule has 26 heavy (non-hydrogen) atoms. The Morgan fingerprint density at radius 1 is 1.08 bits per heavy atom. The maximum absolute atomic E-state index is 11.4. The van der Waals surface area contributed by atoms with Gasteiger partial charge in [0.05, 0.1) is 22.2 Å². The van der Waals surface area contributed by atoms with Crippen LogP contribution in [0.15, 0.2) is 41.7 Å². The number of sulfonamides is 1. The van der Waals surface area contributed by atoms with E-state index in [0.717, 1.165) is 24.0 Å². The molecule has 0 radical (unpaired) electrons. The SMILES string of the molecule is NS(=O)(=O)c1ccc(-n2ncc3c(NC4CCCCC4)ncnc32)cc1. The molecule has 8 nitrogen and oxygen atoms in total. The van der Waals surface area contributed by atoms with E-state index in [1.165, 1.54) is 37.7 Å². The lowest BCUT2D eigenvalue weighted by Crippen LogP contribution is -2.22. The highest BCUT2D eigenvalue weighted by Gasteiger charge is 2.17. The minimum atomic E-state index is -3.72. The molecule has 1 saturated carbocycles. The fraction of sp³-hybridized carbons (Fsp3) is 0.353. The quantitative estimate of drug-likeness (QED) is 0.725. The standard InChI is InChI=1S/C17H20N6O2S/c18-26(24,25)14-8-6-13(7-9-14)23-17-15(10-21-23)16(19-11-20-17)22-12-4-2-1-3-5-12/h6-12H,1-5H2,(H2,18,24,25)(H,19,20,22). The van der Waals surface area contributed by atoms with E-state index in [4.69, 9.17) is 5.14 Å². The highest BCUT2D eigenvalue weighted by molar-refractivity contribution is 7.89. The zero-order valence-electron chi connectivity index (χ0n) is 14.2. The Morgan fingerprint density at radius 3 is 2.50 bits per heavy atom. The van der Waals surface area contributed by atoms with E-state index in [1.807, 2.05) is 0 Å². The van der Waals surface area contributed by atoms with Gasteiger partial charge in [-0.2, -0.15) is 5.10 Å². The third kappa shape index (κ3) is 3.27. The first-order valence-electron chi connectivity index (χ1n) is 8.61. The molecular weight excluding hydrogens is 352 g/mol. The Labute approximate surface area is 151 Å². The van der Waals surface area contributed by atoms with Crippen LogP contribution in [0.4, 0.5) is 5.82 Å². The van der Waals surface area contributed by atoms with E-state index in [0.29, 0.717) is 17.4 Å². The van der Waals surface area contributed by atoms with Crippen molar-refractivity contribution in [2.75, 3.05) is 5.32 Å². The molecule has 4 rings (SSSR count). The summed E-state index contributed by atoms with van der Waals surface area (Å²) < 4.78 is 24.5. The number of anilines is 1. The van der Waals surface area contributed by atoms with Crippen molar-refractivity contribution in [2.24, 2.45) is 5.14 Å². The molecule has 1 aliphatic rings. The second kappa shape index (κ2) is 6.65. The summed E-state index contributed by atoms with van der Waals surface area (Å²) in [6.07, 6.45) is 9.31. The van der Waals surface area contributed by atoms with Gasteiger partial charge in [-0.1, -0.05) is 19.3 Å². The Morgan fingerprint density at radius 2 is 1.81 bits per heavy atom. The summed E-state index contributed by atoms with van der Waals surface area (Å²) >= 11 is 0. The Kier molecular flexibility index (Phi) is 4.33. The number of benzene rings is 1. The van der Waals surface area contributed by atoms with Crippen molar-refractivity contribution in [2.45, 2.75) is 43.0 Å². The highest BCUT2D eigenvalue weighted by Crippen LogP contribution is 2.26. The Balaban J connectivity index is 1.68. The third-order valence-corrected chi connectivity index (χ3v) is 5.65. The number of fused-ring (bicyclic) bond motifs is 1. The zero-order chi connectivity index (χ0) is 18.1. The van der Waals surface area contributed by atoms with Crippen LogP contribution in [0.3, 0.4) is 0 Å². The van der Waals surface area contributed by atoms with E-state index in [2.05, 4.69) is 20.4 Å². The molecule has 9 heteroatoms. The largest absolute Gasteiger partial charge is 0.367 e. The average Bonchev–Trinajstić information content (AvgIpc) is 3.07. The molecule has 1 aromatic carbocycles. The molecular formula is C17H20N6O2S. The van der Waals surface area contributed by atoms with E-state index in [-0.39, 0.29) is 4.90 Å². The number of hydrogen-bond acceptors (Lipinski definition) is 6. The van der Waals surface area contributed by atoms with Crippen LogP contribution in [0, 0.1) is 0 Å². The van der Waals surface area contributed by atoms with Gasteiger partial charge in [-0.25, -0.2) is 28.2 Å². The average molecular weight is 372 g/mol. The van der Waals surface area contributed by atoms with Crippen molar-refractivity contribution in [3.05, 3.63) is 36.8 Å². The molecule has 1 aliphatic carbocycles. The Hall–Kier alpha value is -2.52. The summed E-state index contributed by atoms with van der Waals surface area (Å²) in [6, 6.07) is 6.66. The highest BCUT2D eigenvalue weighted by atomic mass is 32.2. The van der Waals surface area contributed by atoms with Gasteiger partial charge in [-0.3, -0.25) is 0 Å². The first kappa shape index (κ1) is 16.9. The van der Waals surface area contributed by atoms with Gasteiger partial charge in [0.2, 0.25) is 10.0 Å². The van der Waals surface area contributed by atoms with Gasteiger partial charge in [0.25, 0.3) is 0 Å². The van der Waals surface area contributed by atoms with Gasteiger partial charge in [-0.05, 0) is 37.1 Å². The first-order valence-corrected chi connectivity index (χ1v) is 10.2. The van der Waals surface area contributed by atoms with Crippen LogP contribution in [0.2, 0.25) is 0 Å². The number of hydrogen-bond donors (Lipinski definition) is 2. The zero-order valence-corrected chi connectivity index (χ0v) is 15.0. The summed E-state index contributed by atoms with van der Waals surface area (Å²) in [5, 5.41) is 13.9. The first-order chi connectivity index (χ1) is 12.5. The van der Waals surface area contributed by atoms with Gasteiger partial charge in [0.1, 0.15) is 12.1 Å². The number of rotatable bonds is 4. The number of nitrogens with two attached hydrogens (primary N) is 1. The lowest BCUT2D eigenvalue weighted by molar-refractivity contribution is 0.462. The summed E-state index contributed by atoms with van der Waals surface area (Å²) in [6.45, 7) is 0.